The number of benzene rings is 1. The number of nitrogens with zero attached hydrogens (tertiary/aromatic N) is 4. The Morgan fingerprint density at radius 3 is 2.86 bits per heavy atom. The molecule has 0 spiro atoms. The number of sulfone groups is 1. The van der Waals surface area contributed by atoms with E-state index >= 15 is 0 Å². The fraction of sp³-hybridized carbons (Fsp3) is 0.278. The molecular weight excluding hydrogens is 434 g/mol. The molecule has 0 radical (unpaired) electrons. The fourth-order valence-corrected chi connectivity index (χ4v) is 5.56. The molecule has 4 heterocycles. The van der Waals surface area contributed by atoms with E-state index in [0.717, 1.165) is 29.7 Å². The highest BCUT2D eigenvalue weighted by molar-refractivity contribution is 7.91. The van der Waals surface area contributed by atoms with E-state index in [1.807, 2.05) is 11.4 Å². The van der Waals surface area contributed by atoms with E-state index < -0.39 is 9.84 Å². The van der Waals surface area contributed by atoms with Crippen LogP contribution in [0.4, 0.5) is 5.82 Å². The second-order valence-corrected chi connectivity index (χ2v) is 9.92. The highest BCUT2D eigenvalue weighted by Gasteiger charge is 2.27. The predicted octanol–water partition coefficient (Wildman–Crippen LogP) is 3.42. The molecule has 1 unspecified atom stereocenters. The van der Waals surface area contributed by atoms with Gasteiger partial charge in [-0.05, 0) is 48.6 Å². The summed E-state index contributed by atoms with van der Waals surface area (Å²) in [4.78, 5) is 4.67. The van der Waals surface area contributed by atoms with Crippen molar-refractivity contribution in [2.45, 2.75) is 28.9 Å². The molecule has 1 atom stereocenters. The molecule has 29 heavy (non-hydrogen) atoms. The maximum Gasteiger partial charge on any atom is 0.229 e. The molecule has 1 aliphatic rings. The van der Waals surface area contributed by atoms with Crippen LogP contribution < -0.4 is 5.32 Å². The van der Waals surface area contributed by atoms with Gasteiger partial charge in [0.05, 0.1) is 21.2 Å². The summed E-state index contributed by atoms with van der Waals surface area (Å²) in [5, 5.41) is 13.5. The lowest BCUT2D eigenvalue weighted by Crippen LogP contribution is -2.19. The number of anilines is 1. The van der Waals surface area contributed by atoms with Gasteiger partial charge in [0.1, 0.15) is 5.82 Å². The van der Waals surface area contributed by atoms with Gasteiger partial charge >= 0.3 is 0 Å². The minimum Gasteiger partial charge on any atom is -0.376 e. The van der Waals surface area contributed by atoms with Crippen LogP contribution in [0.2, 0.25) is 5.02 Å². The maximum absolute atomic E-state index is 13.1. The van der Waals surface area contributed by atoms with Crippen molar-refractivity contribution in [3.63, 3.8) is 0 Å². The van der Waals surface area contributed by atoms with Crippen LogP contribution >= 0.6 is 22.9 Å². The summed E-state index contributed by atoms with van der Waals surface area (Å²) < 4.78 is 34.3. The van der Waals surface area contributed by atoms with Crippen LogP contribution in [0.3, 0.4) is 0 Å². The van der Waals surface area contributed by atoms with Crippen LogP contribution in [-0.2, 0) is 14.6 Å². The van der Waals surface area contributed by atoms with Gasteiger partial charge in [-0.1, -0.05) is 16.8 Å². The highest BCUT2D eigenvalue weighted by Crippen LogP contribution is 2.31. The van der Waals surface area contributed by atoms with Crippen molar-refractivity contribution in [3.8, 4) is 0 Å². The van der Waals surface area contributed by atoms with Crippen LogP contribution in [0, 0.1) is 0 Å². The molecule has 4 aromatic rings. The lowest BCUT2D eigenvalue weighted by Gasteiger charge is -2.12. The Balaban J connectivity index is 1.62. The summed E-state index contributed by atoms with van der Waals surface area (Å²) in [5.41, 5.74) is 0.931. The minimum absolute atomic E-state index is 0.0883. The first-order valence-corrected chi connectivity index (χ1v) is 11.8. The quantitative estimate of drug-likeness (QED) is 0.498. The molecule has 0 amide bonds. The molecule has 0 saturated carbocycles. The third-order valence-electron chi connectivity index (χ3n) is 4.82. The zero-order valence-electron chi connectivity index (χ0n) is 15.1. The lowest BCUT2D eigenvalue weighted by molar-refractivity contribution is 0.120. The summed E-state index contributed by atoms with van der Waals surface area (Å²) in [5.74, 6) is 0.604. The third kappa shape index (κ3) is 3.25. The average molecular weight is 450 g/mol. The van der Waals surface area contributed by atoms with Crippen molar-refractivity contribution in [2.24, 2.45) is 0 Å². The monoisotopic (exact) mass is 449 g/mol. The number of ether oxygens (including phenoxy) is 1. The van der Waals surface area contributed by atoms with Gasteiger partial charge in [0.15, 0.2) is 5.65 Å². The van der Waals surface area contributed by atoms with Crippen LogP contribution in [0.15, 0.2) is 45.6 Å². The van der Waals surface area contributed by atoms with E-state index in [-0.39, 0.29) is 21.7 Å². The summed E-state index contributed by atoms with van der Waals surface area (Å²) in [7, 11) is -3.90. The number of halogens is 1. The molecule has 3 aromatic heterocycles. The Bertz CT molecular complexity index is 1290. The molecule has 1 saturated heterocycles. The molecule has 150 valence electrons. The molecule has 1 N–H and O–H groups in total. The minimum atomic E-state index is -3.90. The Morgan fingerprint density at radius 1 is 1.28 bits per heavy atom. The summed E-state index contributed by atoms with van der Waals surface area (Å²) in [6.07, 6.45) is 2.17. The summed E-state index contributed by atoms with van der Waals surface area (Å²) >= 11 is 7.39. The Labute approximate surface area is 175 Å². The van der Waals surface area contributed by atoms with E-state index in [1.165, 1.54) is 40.1 Å². The normalized spacial score (nSPS) is 17.3. The van der Waals surface area contributed by atoms with Gasteiger partial charge in [0.2, 0.25) is 14.9 Å². The number of aromatic nitrogens is 4. The van der Waals surface area contributed by atoms with Gasteiger partial charge in [0.25, 0.3) is 0 Å². The Kier molecular flexibility index (Phi) is 4.66. The first-order chi connectivity index (χ1) is 14.0. The van der Waals surface area contributed by atoms with E-state index in [2.05, 4.69) is 20.6 Å². The molecule has 1 fully saturated rings. The van der Waals surface area contributed by atoms with Gasteiger partial charge in [-0.25, -0.2) is 13.4 Å². The van der Waals surface area contributed by atoms with Gasteiger partial charge in [-0.15, -0.1) is 16.4 Å². The van der Waals surface area contributed by atoms with Crippen LogP contribution in [-0.4, -0.2) is 47.5 Å². The first-order valence-electron chi connectivity index (χ1n) is 9.03. The van der Waals surface area contributed by atoms with E-state index in [4.69, 9.17) is 16.3 Å². The molecular formula is C18H16ClN5O3S2. The van der Waals surface area contributed by atoms with Crippen molar-refractivity contribution in [3.05, 3.63) is 40.7 Å². The number of hydrogen-bond acceptors (Lipinski definition) is 8. The highest BCUT2D eigenvalue weighted by atomic mass is 35.5. The molecule has 0 aliphatic carbocycles. The smallest absolute Gasteiger partial charge is 0.229 e. The van der Waals surface area contributed by atoms with Crippen molar-refractivity contribution in [1.29, 1.82) is 0 Å². The van der Waals surface area contributed by atoms with Crippen molar-refractivity contribution in [2.75, 3.05) is 18.5 Å². The van der Waals surface area contributed by atoms with Crippen LogP contribution in [0.25, 0.3) is 15.9 Å². The maximum atomic E-state index is 13.1. The largest absolute Gasteiger partial charge is 0.376 e. The molecule has 11 heteroatoms. The topological polar surface area (TPSA) is 98.5 Å². The third-order valence-corrected chi connectivity index (χ3v) is 7.65. The molecule has 1 aliphatic heterocycles. The number of rotatable bonds is 5. The van der Waals surface area contributed by atoms with Gasteiger partial charge in [0, 0.05) is 18.2 Å². The Hall–Kier alpha value is -2.27. The van der Waals surface area contributed by atoms with E-state index in [1.54, 1.807) is 0 Å². The zero-order valence-corrected chi connectivity index (χ0v) is 17.5. The van der Waals surface area contributed by atoms with Gasteiger partial charge in [-0.2, -0.15) is 4.52 Å². The standard InChI is InChI=1S/C18H16ClN5O3S2/c19-11-3-5-13(6-4-11)29(25,26)18-17-21-16(20-10-12-2-1-8-27-12)15-14(7-9-28-15)24(17)23-22-18/h3-7,9,12H,1-2,8,10H2,(H,20,21). The molecule has 0 bridgehead atoms. The number of nitrogens with one attached hydrogen (secondary N) is 1. The van der Waals surface area contributed by atoms with Gasteiger partial charge in [-0.3, -0.25) is 0 Å². The number of fused-ring (bicyclic) bond motifs is 3. The zero-order chi connectivity index (χ0) is 20.0. The van der Waals surface area contributed by atoms with Crippen molar-refractivity contribution in [1.82, 2.24) is 19.8 Å². The second kappa shape index (κ2) is 7.21. The predicted molar refractivity (Wildman–Crippen MR) is 111 cm³/mol. The molecule has 5 rings (SSSR count). The summed E-state index contributed by atoms with van der Waals surface area (Å²) in [6.45, 7) is 1.38. The molecule has 8 nitrogen and oxygen atoms in total. The van der Waals surface area contributed by atoms with Gasteiger partial charge < -0.3 is 10.1 Å². The SMILES string of the molecule is O=S(=O)(c1ccc(Cl)cc1)c1nnn2c1nc(NCC1CCCO1)c1sccc12. The second-order valence-electron chi connectivity index (χ2n) is 6.70. The fourth-order valence-electron chi connectivity index (χ4n) is 3.36. The van der Waals surface area contributed by atoms with E-state index in [0.29, 0.717) is 17.4 Å². The van der Waals surface area contributed by atoms with Crippen molar-refractivity contribution >= 4 is 54.5 Å². The molecule has 1 aromatic carbocycles. The van der Waals surface area contributed by atoms with Crippen molar-refractivity contribution < 1.29 is 13.2 Å². The average Bonchev–Trinajstić information content (AvgIpc) is 3.45. The van der Waals surface area contributed by atoms with Crippen LogP contribution in [0.5, 0.6) is 0 Å². The Morgan fingerprint density at radius 2 is 2.10 bits per heavy atom. The lowest BCUT2D eigenvalue weighted by atomic mass is 10.2. The summed E-state index contributed by atoms with van der Waals surface area (Å²) in [6, 6.07) is 7.82. The van der Waals surface area contributed by atoms with E-state index in [9.17, 15) is 8.42 Å². The number of thiophene rings is 1. The first kappa shape index (κ1) is 18.7. The number of hydrogen-bond donors (Lipinski definition) is 1. The van der Waals surface area contributed by atoms with Crippen LogP contribution in [0.1, 0.15) is 12.8 Å².